The van der Waals surface area contributed by atoms with E-state index in [4.69, 9.17) is 19.5 Å². The number of carbonyl (C=O) groups excluding carboxylic acids is 1. The molecule has 0 radical (unpaired) electrons. The van der Waals surface area contributed by atoms with Crippen molar-refractivity contribution in [3.05, 3.63) is 100 Å². The summed E-state index contributed by atoms with van der Waals surface area (Å²) in [5, 5.41) is 8.99. The fourth-order valence-corrected chi connectivity index (χ4v) is 4.55. The van der Waals surface area contributed by atoms with Crippen molar-refractivity contribution in [3.8, 4) is 29.0 Å². The molecule has 42 heavy (non-hydrogen) atoms. The molecule has 9 nitrogen and oxygen atoms in total. The second-order valence-corrected chi connectivity index (χ2v) is 9.43. The van der Waals surface area contributed by atoms with Gasteiger partial charge in [-0.05, 0) is 48.9 Å². The number of carbonyl (C=O) groups is 1. The van der Waals surface area contributed by atoms with Gasteiger partial charge in [0.25, 0.3) is 0 Å². The predicted molar refractivity (Wildman–Crippen MR) is 149 cm³/mol. The number of hydrogen-bond donors (Lipinski definition) is 0. The molecule has 11 heteroatoms. The van der Waals surface area contributed by atoms with E-state index in [1.54, 1.807) is 54.9 Å². The molecule has 0 aliphatic rings. The van der Waals surface area contributed by atoms with E-state index in [1.807, 2.05) is 6.07 Å². The first-order valence-electron chi connectivity index (χ1n) is 12.8. The van der Waals surface area contributed by atoms with Crippen LogP contribution in [0.3, 0.4) is 0 Å². The minimum absolute atomic E-state index is 0.0144. The number of aromatic nitrogens is 4. The fraction of sp³-hybridized carbons (Fsp3) is 0.194. The number of methoxy groups -OCH3 is 2. The third-order valence-electron chi connectivity index (χ3n) is 6.85. The van der Waals surface area contributed by atoms with Crippen LogP contribution >= 0.6 is 0 Å². The number of halogens is 2. The van der Waals surface area contributed by atoms with Crippen LogP contribution in [0.1, 0.15) is 38.7 Å². The van der Waals surface area contributed by atoms with Crippen molar-refractivity contribution >= 4 is 17.0 Å². The Morgan fingerprint density at radius 2 is 1.81 bits per heavy atom. The summed E-state index contributed by atoms with van der Waals surface area (Å²) in [6.45, 7) is 1.91. The van der Waals surface area contributed by atoms with E-state index in [1.165, 1.54) is 20.3 Å². The molecule has 0 amide bonds. The van der Waals surface area contributed by atoms with Crippen LogP contribution in [-0.2, 0) is 24.8 Å². The molecule has 0 aliphatic carbocycles. The third-order valence-corrected chi connectivity index (χ3v) is 6.85. The fourth-order valence-electron chi connectivity index (χ4n) is 4.55. The Kier molecular flexibility index (Phi) is 7.80. The van der Waals surface area contributed by atoms with Crippen LogP contribution in [0.25, 0.3) is 22.3 Å². The monoisotopic (exact) mass is 569 g/mol. The molecule has 0 N–H and O–H groups in total. The van der Waals surface area contributed by atoms with Crippen LogP contribution in [0.4, 0.5) is 8.78 Å². The number of aryl methyl sites for hydroxylation is 2. The highest BCUT2D eigenvalue weighted by molar-refractivity contribution is 5.96. The van der Waals surface area contributed by atoms with Gasteiger partial charge in [-0.3, -0.25) is 0 Å². The molecule has 0 saturated carbocycles. The van der Waals surface area contributed by atoms with Crippen LogP contribution in [0.15, 0.2) is 54.6 Å². The van der Waals surface area contributed by atoms with Crippen LogP contribution in [0.5, 0.6) is 11.6 Å². The van der Waals surface area contributed by atoms with E-state index in [0.717, 1.165) is 17.7 Å². The molecular weight excluding hydrogens is 544 g/mol. The van der Waals surface area contributed by atoms with E-state index < -0.39 is 17.6 Å². The Morgan fingerprint density at radius 3 is 2.52 bits per heavy atom. The summed E-state index contributed by atoms with van der Waals surface area (Å²) < 4.78 is 48.4. The maximum absolute atomic E-state index is 15.3. The molecule has 2 aromatic carbocycles. The summed E-state index contributed by atoms with van der Waals surface area (Å²) >= 11 is 0. The van der Waals surface area contributed by atoms with Gasteiger partial charge >= 0.3 is 5.97 Å². The second-order valence-electron chi connectivity index (χ2n) is 9.43. The Morgan fingerprint density at radius 1 is 1.00 bits per heavy atom. The van der Waals surface area contributed by atoms with Crippen LogP contribution in [-0.4, -0.2) is 39.7 Å². The Labute approximate surface area is 240 Å². The Balaban J connectivity index is 1.40. The van der Waals surface area contributed by atoms with E-state index in [-0.39, 0.29) is 41.3 Å². The molecule has 3 heterocycles. The van der Waals surface area contributed by atoms with E-state index in [2.05, 4.69) is 15.0 Å². The van der Waals surface area contributed by atoms with Crippen LogP contribution < -0.4 is 9.47 Å². The zero-order valence-corrected chi connectivity index (χ0v) is 23.2. The molecule has 5 aromatic rings. The van der Waals surface area contributed by atoms with Gasteiger partial charge in [0.15, 0.2) is 0 Å². The maximum Gasteiger partial charge on any atom is 0.338 e. The van der Waals surface area contributed by atoms with Gasteiger partial charge in [-0.25, -0.2) is 28.5 Å². The molecule has 0 spiro atoms. The lowest BCUT2D eigenvalue weighted by molar-refractivity contribution is 0.0600. The van der Waals surface area contributed by atoms with Gasteiger partial charge < -0.3 is 18.8 Å². The zero-order valence-electron chi connectivity index (χ0n) is 23.2. The van der Waals surface area contributed by atoms with Crippen molar-refractivity contribution in [2.24, 2.45) is 7.05 Å². The van der Waals surface area contributed by atoms with E-state index >= 15 is 8.78 Å². The summed E-state index contributed by atoms with van der Waals surface area (Å²) in [6, 6.07) is 15.5. The smallest absolute Gasteiger partial charge is 0.338 e. The predicted octanol–water partition coefficient (Wildman–Crippen LogP) is 5.45. The number of esters is 1. The van der Waals surface area contributed by atoms with Crippen molar-refractivity contribution in [2.75, 3.05) is 14.2 Å². The number of rotatable bonds is 8. The zero-order chi connectivity index (χ0) is 30.0. The highest BCUT2D eigenvalue weighted by atomic mass is 19.1. The summed E-state index contributed by atoms with van der Waals surface area (Å²) in [5.74, 6) is -0.806. The Bertz CT molecular complexity index is 1880. The van der Waals surface area contributed by atoms with Gasteiger partial charge in [-0.1, -0.05) is 12.1 Å². The molecule has 0 aliphatic heterocycles. The Hall–Kier alpha value is -5.37. The van der Waals surface area contributed by atoms with Crippen LogP contribution in [0.2, 0.25) is 0 Å². The van der Waals surface area contributed by atoms with Gasteiger partial charge in [0.1, 0.15) is 47.1 Å². The molecule has 0 unspecified atom stereocenters. The molecule has 0 fully saturated rings. The van der Waals surface area contributed by atoms with E-state index in [9.17, 15) is 4.79 Å². The summed E-state index contributed by atoms with van der Waals surface area (Å²) in [7, 11) is 4.46. The molecule has 5 rings (SSSR count). The lowest BCUT2D eigenvalue weighted by atomic mass is 10.0. The number of fused-ring (bicyclic) bond motifs is 1. The average Bonchev–Trinajstić information content (AvgIpc) is 3.31. The van der Waals surface area contributed by atoms with Gasteiger partial charge in [-0.15, -0.1) is 0 Å². The topological polar surface area (TPSA) is 112 Å². The summed E-state index contributed by atoms with van der Waals surface area (Å²) in [4.78, 5) is 25.2. The highest BCUT2D eigenvalue weighted by Gasteiger charge is 2.20. The van der Waals surface area contributed by atoms with Gasteiger partial charge in [0.05, 0.1) is 31.0 Å². The SMILES string of the molecule is COC(=O)c1cc(OC)c2nc(Cc3cc(F)c(-c4cccc(OCc5ccc(C#N)nc5C)n4)cc3F)n(C)c2c1. The first kappa shape index (κ1) is 28.2. The quantitative estimate of drug-likeness (QED) is 0.227. The first-order chi connectivity index (χ1) is 20.2. The molecule has 212 valence electrons. The van der Waals surface area contributed by atoms with Gasteiger partial charge in [0.2, 0.25) is 5.88 Å². The molecule has 0 atom stereocenters. The third kappa shape index (κ3) is 5.47. The number of hydrogen-bond acceptors (Lipinski definition) is 8. The number of pyridine rings is 2. The van der Waals surface area contributed by atoms with Crippen molar-refractivity contribution in [2.45, 2.75) is 20.0 Å². The average molecular weight is 570 g/mol. The lowest BCUT2D eigenvalue weighted by Gasteiger charge is -2.11. The molecular formula is C31H25F2N5O4. The standard InChI is InChI=1S/C31H25F2N5O4/c1-17-18(8-9-21(15-34)35-17)16-42-29-7-5-6-25(36-29)22-14-23(32)19(10-24(22)33)13-28-37-30-26(38(28)2)11-20(31(39)41-4)12-27(30)40-3/h5-12,14H,13,16H2,1-4H3. The van der Waals surface area contributed by atoms with Gasteiger partial charge in [-0.2, -0.15) is 5.26 Å². The number of nitrogens with zero attached hydrogens (tertiary/aromatic N) is 5. The van der Waals surface area contributed by atoms with E-state index in [0.29, 0.717) is 34.0 Å². The highest BCUT2D eigenvalue weighted by Crippen LogP contribution is 2.31. The maximum atomic E-state index is 15.3. The van der Waals surface area contributed by atoms with Crippen molar-refractivity contribution < 1.29 is 27.8 Å². The van der Waals surface area contributed by atoms with Crippen molar-refractivity contribution in [1.82, 2.24) is 19.5 Å². The largest absolute Gasteiger partial charge is 0.494 e. The number of benzene rings is 2. The minimum atomic E-state index is -0.660. The number of nitriles is 1. The number of imidazole rings is 1. The molecule has 0 saturated heterocycles. The normalized spacial score (nSPS) is 10.9. The summed E-state index contributed by atoms with van der Waals surface area (Å²) in [6.07, 6.45) is -0.0144. The minimum Gasteiger partial charge on any atom is -0.494 e. The van der Waals surface area contributed by atoms with Crippen molar-refractivity contribution in [1.29, 1.82) is 5.26 Å². The summed E-state index contributed by atoms with van der Waals surface area (Å²) in [5.41, 5.74) is 3.34. The second kappa shape index (κ2) is 11.6. The van der Waals surface area contributed by atoms with Crippen molar-refractivity contribution in [3.63, 3.8) is 0 Å². The molecule has 0 bridgehead atoms. The first-order valence-corrected chi connectivity index (χ1v) is 12.8. The lowest BCUT2D eigenvalue weighted by Crippen LogP contribution is -2.04. The molecule has 3 aromatic heterocycles. The van der Waals surface area contributed by atoms with Crippen LogP contribution in [0, 0.1) is 29.9 Å². The van der Waals surface area contributed by atoms with Gasteiger partial charge in [0, 0.05) is 36.4 Å². The number of ether oxygens (including phenoxy) is 3.